The maximum absolute atomic E-state index is 13.3. The van der Waals surface area contributed by atoms with Gasteiger partial charge in [-0.15, -0.1) is 0 Å². The molecule has 0 bridgehead atoms. The van der Waals surface area contributed by atoms with Gasteiger partial charge >= 0.3 is 0 Å². The number of rotatable bonds is 2. The first-order valence-corrected chi connectivity index (χ1v) is 6.63. The summed E-state index contributed by atoms with van der Waals surface area (Å²) in [5.41, 5.74) is 4.60. The van der Waals surface area contributed by atoms with Crippen molar-refractivity contribution in [3.05, 3.63) is 29.3 Å². The van der Waals surface area contributed by atoms with Crippen molar-refractivity contribution in [1.82, 2.24) is 5.32 Å². The van der Waals surface area contributed by atoms with Crippen LogP contribution in [0.5, 0.6) is 0 Å². The van der Waals surface area contributed by atoms with Crippen LogP contribution in [0.2, 0.25) is 0 Å². The van der Waals surface area contributed by atoms with Gasteiger partial charge in [-0.1, -0.05) is 25.7 Å². The highest BCUT2D eigenvalue weighted by Crippen LogP contribution is 2.20. The van der Waals surface area contributed by atoms with Crippen LogP contribution in [0.1, 0.15) is 48.9 Å². The lowest BCUT2D eigenvalue weighted by Crippen LogP contribution is -2.34. The predicted octanol–water partition coefficient (Wildman–Crippen LogP) is 3.00. The fourth-order valence-corrected chi connectivity index (χ4v) is 2.41. The number of nitrogens with one attached hydrogen (secondary N) is 1. The van der Waals surface area contributed by atoms with Crippen LogP contribution in [0.15, 0.2) is 12.1 Å². The van der Waals surface area contributed by atoms with Crippen molar-refractivity contribution >= 4 is 11.6 Å². The Hall–Kier alpha value is -1.65. The van der Waals surface area contributed by atoms with Crippen LogP contribution < -0.4 is 11.1 Å². The lowest BCUT2D eigenvalue weighted by atomic mass is 10.1. The molecule has 5 heteroatoms. The Balaban J connectivity index is 2.07. The smallest absolute Gasteiger partial charge is 0.251 e. The molecule has 1 saturated carbocycles. The summed E-state index contributed by atoms with van der Waals surface area (Å²) in [6.45, 7) is 0. The summed E-state index contributed by atoms with van der Waals surface area (Å²) >= 11 is 0. The van der Waals surface area contributed by atoms with E-state index in [4.69, 9.17) is 5.73 Å². The van der Waals surface area contributed by atoms with Gasteiger partial charge in [0, 0.05) is 11.6 Å². The van der Waals surface area contributed by atoms with Crippen molar-refractivity contribution in [2.24, 2.45) is 0 Å². The van der Waals surface area contributed by atoms with Crippen LogP contribution in [0, 0.1) is 11.6 Å². The maximum Gasteiger partial charge on any atom is 0.251 e. The highest BCUT2D eigenvalue weighted by atomic mass is 19.1. The van der Waals surface area contributed by atoms with Crippen molar-refractivity contribution in [2.75, 3.05) is 5.73 Å². The van der Waals surface area contributed by atoms with Crippen molar-refractivity contribution in [2.45, 2.75) is 44.6 Å². The Bertz CT molecular complexity index is 446. The molecule has 1 aliphatic carbocycles. The lowest BCUT2D eigenvalue weighted by Gasteiger charge is -2.16. The van der Waals surface area contributed by atoms with Crippen LogP contribution in [-0.2, 0) is 0 Å². The largest absolute Gasteiger partial charge is 0.394 e. The van der Waals surface area contributed by atoms with E-state index < -0.39 is 23.2 Å². The molecule has 1 fully saturated rings. The monoisotopic (exact) mass is 268 g/mol. The zero-order chi connectivity index (χ0) is 13.8. The van der Waals surface area contributed by atoms with Gasteiger partial charge in [-0.2, -0.15) is 0 Å². The van der Waals surface area contributed by atoms with Crippen LogP contribution in [-0.4, -0.2) is 11.9 Å². The first-order valence-electron chi connectivity index (χ1n) is 6.63. The number of carbonyl (C=O) groups is 1. The fraction of sp³-hybridized carbons (Fsp3) is 0.500. The van der Waals surface area contributed by atoms with Gasteiger partial charge in [0.25, 0.3) is 5.91 Å². The first-order chi connectivity index (χ1) is 9.08. The molecule has 0 radical (unpaired) electrons. The molecule has 0 aliphatic heterocycles. The van der Waals surface area contributed by atoms with Crippen molar-refractivity contribution < 1.29 is 13.6 Å². The van der Waals surface area contributed by atoms with E-state index in [1.54, 1.807) is 0 Å². The minimum Gasteiger partial charge on any atom is -0.394 e. The molecule has 1 aliphatic rings. The molecular weight excluding hydrogens is 250 g/mol. The van der Waals surface area contributed by atoms with Crippen LogP contribution in [0.4, 0.5) is 14.5 Å². The molecule has 104 valence electrons. The van der Waals surface area contributed by atoms with Crippen LogP contribution >= 0.6 is 0 Å². The van der Waals surface area contributed by atoms with Gasteiger partial charge in [0.2, 0.25) is 0 Å². The van der Waals surface area contributed by atoms with Crippen LogP contribution in [0.3, 0.4) is 0 Å². The third kappa shape index (κ3) is 3.43. The molecule has 0 spiro atoms. The average Bonchev–Trinajstić information content (AvgIpc) is 2.64. The van der Waals surface area contributed by atoms with E-state index in [9.17, 15) is 13.6 Å². The minimum atomic E-state index is -0.897. The Morgan fingerprint density at radius 2 is 1.63 bits per heavy atom. The fourth-order valence-electron chi connectivity index (χ4n) is 2.41. The molecular formula is C14H18F2N2O. The maximum atomic E-state index is 13.3. The van der Waals surface area contributed by atoms with Crippen molar-refractivity contribution in [1.29, 1.82) is 0 Å². The summed E-state index contributed by atoms with van der Waals surface area (Å²) in [4.78, 5) is 12.0. The normalized spacial score (nSPS) is 16.9. The van der Waals surface area contributed by atoms with Gasteiger partial charge in [-0.05, 0) is 25.0 Å². The minimum absolute atomic E-state index is 0.0200. The zero-order valence-corrected chi connectivity index (χ0v) is 10.7. The summed E-state index contributed by atoms with van der Waals surface area (Å²) in [7, 11) is 0. The Labute approximate surface area is 111 Å². The van der Waals surface area contributed by atoms with Gasteiger partial charge in [-0.25, -0.2) is 8.78 Å². The molecule has 0 heterocycles. The second-order valence-corrected chi connectivity index (χ2v) is 5.02. The third-order valence-corrected chi connectivity index (χ3v) is 3.53. The molecule has 0 unspecified atom stereocenters. The van der Waals surface area contributed by atoms with Gasteiger partial charge in [0.1, 0.15) is 17.3 Å². The molecule has 3 nitrogen and oxygen atoms in total. The summed E-state index contributed by atoms with van der Waals surface area (Å²) in [5, 5.41) is 2.84. The van der Waals surface area contributed by atoms with E-state index in [1.807, 2.05) is 0 Å². The SMILES string of the molecule is Nc1c(F)cc(C(=O)NC2CCCCCC2)cc1F. The van der Waals surface area contributed by atoms with E-state index in [2.05, 4.69) is 5.32 Å². The van der Waals surface area contributed by atoms with Gasteiger partial charge in [0.05, 0.1) is 0 Å². The molecule has 1 aromatic rings. The standard InChI is InChI=1S/C14H18F2N2O/c15-11-7-9(8-12(16)13(11)17)14(19)18-10-5-3-1-2-4-6-10/h7-8,10H,1-6,17H2,(H,18,19). The van der Waals surface area contributed by atoms with E-state index >= 15 is 0 Å². The molecule has 2 rings (SSSR count). The molecule has 3 N–H and O–H groups in total. The Morgan fingerprint density at radius 3 is 2.16 bits per heavy atom. The second kappa shape index (κ2) is 5.99. The summed E-state index contributed by atoms with van der Waals surface area (Å²) in [6.07, 6.45) is 6.36. The van der Waals surface area contributed by atoms with Gasteiger partial charge in [0.15, 0.2) is 0 Å². The van der Waals surface area contributed by atoms with E-state index in [-0.39, 0.29) is 11.6 Å². The van der Waals surface area contributed by atoms with E-state index in [0.29, 0.717) is 0 Å². The van der Waals surface area contributed by atoms with Crippen LogP contribution in [0.25, 0.3) is 0 Å². The second-order valence-electron chi connectivity index (χ2n) is 5.02. The summed E-state index contributed by atoms with van der Waals surface area (Å²) < 4.78 is 26.6. The van der Waals surface area contributed by atoms with E-state index in [1.165, 1.54) is 12.8 Å². The highest BCUT2D eigenvalue weighted by molar-refractivity contribution is 5.94. The molecule has 19 heavy (non-hydrogen) atoms. The summed E-state index contributed by atoms with van der Waals surface area (Å²) in [5.74, 6) is -2.23. The predicted molar refractivity (Wildman–Crippen MR) is 69.7 cm³/mol. The topological polar surface area (TPSA) is 55.1 Å². The number of hydrogen-bond donors (Lipinski definition) is 2. The number of anilines is 1. The Kier molecular flexibility index (Phi) is 4.35. The molecule has 0 saturated heterocycles. The van der Waals surface area contributed by atoms with Gasteiger partial charge < -0.3 is 11.1 Å². The number of halogens is 2. The number of nitrogen functional groups attached to an aromatic ring is 1. The quantitative estimate of drug-likeness (QED) is 0.640. The first kappa shape index (κ1) is 13.8. The number of amides is 1. The third-order valence-electron chi connectivity index (χ3n) is 3.53. The number of carbonyl (C=O) groups excluding carboxylic acids is 1. The molecule has 0 aromatic heterocycles. The van der Waals surface area contributed by atoms with Crippen molar-refractivity contribution in [3.8, 4) is 0 Å². The number of nitrogens with two attached hydrogens (primary N) is 1. The number of hydrogen-bond acceptors (Lipinski definition) is 2. The molecule has 1 aromatic carbocycles. The molecule has 0 atom stereocenters. The lowest BCUT2D eigenvalue weighted by molar-refractivity contribution is 0.0932. The molecule has 1 amide bonds. The zero-order valence-electron chi connectivity index (χ0n) is 10.7. The summed E-state index contributed by atoms with van der Waals surface area (Å²) in [6, 6.07) is 2.05. The highest BCUT2D eigenvalue weighted by Gasteiger charge is 2.18. The number of benzene rings is 1. The van der Waals surface area contributed by atoms with Crippen molar-refractivity contribution in [3.63, 3.8) is 0 Å². The average molecular weight is 268 g/mol. The Morgan fingerprint density at radius 1 is 1.11 bits per heavy atom. The van der Waals surface area contributed by atoms with Gasteiger partial charge in [-0.3, -0.25) is 4.79 Å². The van der Waals surface area contributed by atoms with E-state index in [0.717, 1.165) is 37.8 Å².